The van der Waals surface area contributed by atoms with Crippen molar-refractivity contribution in [1.82, 2.24) is 10.3 Å². The van der Waals surface area contributed by atoms with Crippen molar-refractivity contribution >= 4 is 38.5 Å². The van der Waals surface area contributed by atoms with Gasteiger partial charge in [0.05, 0.1) is 22.7 Å². The normalized spacial score (nSPS) is 11.9. The van der Waals surface area contributed by atoms with Crippen molar-refractivity contribution in [1.29, 1.82) is 0 Å². The second-order valence-electron chi connectivity index (χ2n) is 5.40. The molecule has 0 aliphatic carbocycles. The highest BCUT2D eigenvalue weighted by atomic mass is 32.1. The molecule has 5 nitrogen and oxygen atoms in total. The zero-order valence-electron chi connectivity index (χ0n) is 13.2. The zero-order valence-corrected chi connectivity index (χ0v) is 14.0. The number of nitrogens with zero attached hydrogens (tertiary/aromatic N) is 1. The number of hydrogen-bond acceptors (Lipinski definition) is 4. The van der Waals surface area contributed by atoms with Crippen LogP contribution in [0.25, 0.3) is 10.2 Å². The van der Waals surface area contributed by atoms with Crippen LogP contribution in [0.3, 0.4) is 0 Å². The summed E-state index contributed by atoms with van der Waals surface area (Å²) in [7, 11) is 0. The lowest BCUT2D eigenvalue weighted by Gasteiger charge is -2.17. The molecule has 0 spiro atoms. The van der Waals surface area contributed by atoms with Crippen LogP contribution in [0.15, 0.2) is 54.6 Å². The molecule has 1 heterocycles. The molecular formula is C18H17N3O2S. The Morgan fingerprint density at radius 1 is 1.08 bits per heavy atom. The SMILES string of the molecule is CC(=O)N[C@@H](CC(=O)Nc1nc2ccccc2s1)c1ccccc1. The lowest BCUT2D eigenvalue weighted by Crippen LogP contribution is -2.29. The van der Waals surface area contributed by atoms with E-state index >= 15 is 0 Å². The molecule has 1 atom stereocenters. The Kier molecular flexibility index (Phi) is 4.86. The van der Waals surface area contributed by atoms with Gasteiger partial charge in [-0.15, -0.1) is 0 Å². The second-order valence-corrected chi connectivity index (χ2v) is 6.43. The third-order valence-corrected chi connectivity index (χ3v) is 4.46. The Morgan fingerprint density at radius 2 is 1.79 bits per heavy atom. The third kappa shape index (κ3) is 3.97. The maximum Gasteiger partial charge on any atom is 0.228 e. The predicted octanol–water partition coefficient (Wildman–Crippen LogP) is 3.50. The van der Waals surface area contributed by atoms with E-state index in [1.54, 1.807) is 0 Å². The van der Waals surface area contributed by atoms with E-state index in [0.717, 1.165) is 15.8 Å². The minimum Gasteiger partial charge on any atom is -0.349 e. The molecule has 0 radical (unpaired) electrons. The average molecular weight is 339 g/mol. The first kappa shape index (κ1) is 16.1. The van der Waals surface area contributed by atoms with E-state index in [9.17, 15) is 9.59 Å². The molecule has 0 saturated carbocycles. The molecule has 0 aliphatic heterocycles. The van der Waals surface area contributed by atoms with Crippen LogP contribution in [0.2, 0.25) is 0 Å². The fraction of sp³-hybridized carbons (Fsp3) is 0.167. The molecule has 0 fully saturated rings. The highest BCUT2D eigenvalue weighted by molar-refractivity contribution is 7.22. The van der Waals surface area contributed by atoms with Crippen LogP contribution >= 0.6 is 11.3 Å². The first-order chi connectivity index (χ1) is 11.6. The molecule has 6 heteroatoms. The molecule has 0 aliphatic rings. The number of benzene rings is 2. The van der Waals surface area contributed by atoms with E-state index < -0.39 is 0 Å². The molecule has 0 bridgehead atoms. The number of anilines is 1. The topological polar surface area (TPSA) is 71.1 Å². The van der Waals surface area contributed by atoms with Crippen molar-refractivity contribution in [2.45, 2.75) is 19.4 Å². The Morgan fingerprint density at radius 3 is 2.50 bits per heavy atom. The first-order valence-electron chi connectivity index (χ1n) is 7.59. The largest absolute Gasteiger partial charge is 0.349 e. The van der Waals surface area contributed by atoms with Gasteiger partial charge in [-0.1, -0.05) is 53.8 Å². The number of hydrogen-bond donors (Lipinski definition) is 2. The monoisotopic (exact) mass is 339 g/mol. The third-order valence-electron chi connectivity index (χ3n) is 3.51. The molecular weight excluding hydrogens is 322 g/mol. The number of carbonyl (C=O) groups is 2. The van der Waals surface area contributed by atoms with Gasteiger partial charge in [-0.3, -0.25) is 9.59 Å². The van der Waals surface area contributed by atoms with Crippen LogP contribution in [0, 0.1) is 0 Å². The summed E-state index contributed by atoms with van der Waals surface area (Å²) in [5, 5.41) is 6.21. The summed E-state index contributed by atoms with van der Waals surface area (Å²) in [6.07, 6.45) is 0.152. The van der Waals surface area contributed by atoms with Gasteiger partial charge in [0, 0.05) is 6.92 Å². The zero-order chi connectivity index (χ0) is 16.9. The van der Waals surface area contributed by atoms with Crippen LogP contribution in [0.1, 0.15) is 24.9 Å². The van der Waals surface area contributed by atoms with Crippen molar-refractivity contribution in [3.05, 3.63) is 60.2 Å². The molecule has 2 amide bonds. The average Bonchev–Trinajstić information content (AvgIpc) is 2.96. The van der Waals surface area contributed by atoms with Crippen molar-refractivity contribution in [3.8, 4) is 0 Å². The number of nitrogens with one attached hydrogen (secondary N) is 2. The minimum absolute atomic E-state index is 0.152. The highest BCUT2D eigenvalue weighted by Gasteiger charge is 2.18. The van der Waals surface area contributed by atoms with E-state index in [2.05, 4.69) is 15.6 Å². The van der Waals surface area contributed by atoms with Crippen molar-refractivity contribution in [3.63, 3.8) is 0 Å². The summed E-state index contributed by atoms with van der Waals surface area (Å²) >= 11 is 1.43. The number of rotatable bonds is 5. The van der Waals surface area contributed by atoms with Crippen LogP contribution in [0.5, 0.6) is 0 Å². The molecule has 3 aromatic rings. The van der Waals surface area contributed by atoms with Crippen LogP contribution < -0.4 is 10.6 Å². The van der Waals surface area contributed by atoms with E-state index in [0.29, 0.717) is 5.13 Å². The predicted molar refractivity (Wildman–Crippen MR) is 95.9 cm³/mol. The summed E-state index contributed by atoms with van der Waals surface area (Å²) in [4.78, 5) is 28.2. The minimum atomic E-state index is -0.363. The fourth-order valence-corrected chi connectivity index (χ4v) is 3.35. The summed E-state index contributed by atoms with van der Waals surface area (Å²) in [6, 6.07) is 16.8. The van der Waals surface area contributed by atoms with Gasteiger partial charge in [0.2, 0.25) is 11.8 Å². The Labute approximate surface area is 143 Å². The molecule has 0 saturated heterocycles. The van der Waals surface area contributed by atoms with E-state index in [1.165, 1.54) is 18.3 Å². The Bertz CT molecular complexity index is 828. The highest BCUT2D eigenvalue weighted by Crippen LogP contribution is 2.26. The summed E-state index contributed by atoms with van der Waals surface area (Å²) in [5.41, 5.74) is 1.76. The summed E-state index contributed by atoms with van der Waals surface area (Å²) < 4.78 is 1.02. The van der Waals surface area contributed by atoms with Gasteiger partial charge in [0.15, 0.2) is 5.13 Å². The number of para-hydroxylation sites is 1. The van der Waals surface area contributed by atoms with Crippen molar-refractivity contribution < 1.29 is 9.59 Å². The summed E-state index contributed by atoms with van der Waals surface area (Å²) in [5.74, 6) is -0.353. The van der Waals surface area contributed by atoms with Crippen LogP contribution in [-0.2, 0) is 9.59 Å². The smallest absolute Gasteiger partial charge is 0.228 e. The van der Waals surface area contributed by atoms with Gasteiger partial charge in [0.1, 0.15) is 0 Å². The molecule has 24 heavy (non-hydrogen) atoms. The first-order valence-corrected chi connectivity index (χ1v) is 8.41. The second kappa shape index (κ2) is 7.23. The molecule has 3 rings (SSSR count). The van der Waals surface area contributed by atoms with E-state index in [1.807, 2.05) is 54.6 Å². The number of thiazole rings is 1. The number of amides is 2. The maximum atomic E-state index is 12.4. The van der Waals surface area contributed by atoms with Crippen LogP contribution in [-0.4, -0.2) is 16.8 Å². The van der Waals surface area contributed by atoms with Crippen molar-refractivity contribution in [2.24, 2.45) is 0 Å². The molecule has 1 aromatic heterocycles. The Balaban J connectivity index is 1.72. The number of fused-ring (bicyclic) bond motifs is 1. The molecule has 2 aromatic carbocycles. The lowest BCUT2D eigenvalue weighted by molar-refractivity contribution is -0.120. The molecule has 122 valence electrons. The van der Waals surface area contributed by atoms with Crippen LogP contribution in [0.4, 0.5) is 5.13 Å². The molecule has 2 N–H and O–H groups in total. The van der Waals surface area contributed by atoms with Gasteiger partial charge in [-0.25, -0.2) is 4.98 Å². The van der Waals surface area contributed by atoms with E-state index in [4.69, 9.17) is 0 Å². The van der Waals surface area contributed by atoms with Gasteiger partial charge >= 0.3 is 0 Å². The lowest BCUT2D eigenvalue weighted by atomic mass is 10.0. The number of carbonyl (C=O) groups excluding carboxylic acids is 2. The van der Waals surface area contributed by atoms with Gasteiger partial charge in [-0.05, 0) is 17.7 Å². The number of aromatic nitrogens is 1. The molecule has 0 unspecified atom stereocenters. The summed E-state index contributed by atoms with van der Waals surface area (Å²) in [6.45, 7) is 1.45. The van der Waals surface area contributed by atoms with E-state index in [-0.39, 0.29) is 24.3 Å². The maximum absolute atomic E-state index is 12.4. The van der Waals surface area contributed by atoms with Gasteiger partial charge in [-0.2, -0.15) is 0 Å². The standard InChI is InChI=1S/C18H17N3O2S/c1-12(22)19-15(13-7-3-2-4-8-13)11-17(23)21-18-20-14-9-5-6-10-16(14)24-18/h2-10,15H,11H2,1H3,(H,19,22)(H,20,21,23)/t15-/m0/s1. The van der Waals surface area contributed by atoms with Crippen molar-refractivity contribution in [2.75, 3.05) is 5.32 Å². The van der Waals surface area contributed by atoms with Gasteiger partial charge in [0.25, 0.3) is 0 Å². The van der Waals surface area contributed by atoms with Gasteiger partial charge < -0.3 is 10.6 Å². The Hall–Kier alpha value is -2.73. The fourth-order valence-electron chi connectivity index (χ4n) is 2.46. The quantitative estimate of drug-likeness (QED) is 0.747.